The largest absolute Gasteiger partial charge is 0.0699 e. The van der Waals surface area contributed by atoms with Crippen molar-refractivity contribution in [3.8, 4) is 11.1 Å². The summed E-state index contributed by atoms with van der Waals surface area (Å²) >= 11 is 0. The Bertz CT molecular complexity index is 608. The van der Waals surface area contributed by atoms with Crippen LogP contribution >= 0.6 is 0 Å². The van der Waals surface area contributed by atoms with E-state index in [1.807, 2.05) is 6.07 Å². The Labute approximate surface area is 154 Å². The van der Waals surface area contributed by atoms with Crippen LogP contribution in [0, 0.1) is 24.3 Å². The maximum Gasteiger partial charge on any atom is 0.0301 e. The van der Waals surface area contributed by atoms with Crippen LogP contribution in [-0.4, -0.2) is 0 Å². The first-order chi connectivity index (χ1) is 12.3. The van der Waals surface area contributed by atoms with E-state index in [9.17, 15) is 0 Å². The van der Waals surface area contributed by atoms with Gasteiger partial charge in [-0.05, 0) is 53.8 Å². The van der Waals surface area contributed by atoms with Crippen LogP contribution in [0.25, 0.3) is 11.1 Å². The van der Waals surface area contributed by atoms with Crippen LogP contribution in [0.2, 0.25) is 0 Å². The molecule has 130 valence electrons. The van der Waals surface area contributed by atoms with Crippen LogP contribution < -0.4 is 0 Å². The number of fused-ring (bicyclic) bond motifs is 3. The Balaban J connectivity index is 1.94. The molecule has 0 bridgehead atoms. The zero-order valence-corrected chi connectivity index (χ0v) is 15.9. The van der Waals surface area contributed by atoms with Crippen LogP contribution in [0.1, 0.15) is 89.2 Å². The zero-order chi connectivity index (χ0) is 17.5. The fraction of sp³-hybridized carbons (Fsp3) is 0.520. The number of hydrogen-bond acceptors (Lipinski definition) is 0. The summed E-state index contributed by atoms with van der Waals surface area (Å²) in [4.78, 5) is 0. The minimum Gasteiger partial charge on any atom is -0.0699 e. The van der Waals surface area contributed by atoms with E-state index in [0.29, 0.717) is 0 Å². The third kappa shape index (κ3) is 3.55. The molecule has 0 atom stereocenters. The number of unbranched alkanes of at least 4 members (excludes halogenated alkanes) is 6. The molecule has 0 heterocycles. The van der Waals surface area contributed by atoms with Gasteiger partial charge >= 0.3 is 0 Å². The molecule has 0 spiro atoms. The van der Waals surface area contributed by atoms with E-state index in [-0.39, 0.29) is 5.41 Å². The van der Waals surface area contributed by atoms with E-state index < -0.39 is 0 Å². The van der Waals surface area contributed by atoms with E-state index >= 15 is 0 Å². The van der Waals surface area contributed by atoms with Gasteiger partial charge in [0.2, 0.25) is 0 Å². The first-order valence-corrected chi connectivity index (χ1v) is 10.2. The average molecular weight is 331 g/mol. The Morgan fingerprint density at radius 3 is 2.12 bits per heavy atom. The smallest absolute Gasteiger partial charge is 0.0301 e. The summed E-state index contributed by atoms with van der Waals surface area (Å²) in [5.41, 5.74) is 5.67. The van der Waals surface area contributed by atoms with E-state index in [4.69, 9.17) is 0 Å². The molecular weight excluding hydrogens is 300 g/mol. The monoisotopic (exact) mass is 330 g/mol. The lowest BCUT2D eigenvalue weighted by atomic mass is 9.71. The Morgan fingerprint density at radius 1 is 0.760 bits per heavy atom. The van der Waals surface area contributed by atoms with Gasteiger partial charge in [0.15, 0.2) is 0 Å². The first kappa shape index (κ1) is 17.9. The van der Waals surface area contributed by atoms with Crippen molar-refractivity contribution in [3.63, 3.8) is 0 Å². The first-order valence-electron chi connectivity index (χ1n) is 10.2. The molecule has 0 radical (unpaired) electrons. The van der Waals surface area contributed by atoms with Gasteiger partial charge in [0.25, 0.3) is 0 Å². The van der Waals surface area contributed by atoms with Crippen molar-refractivity contribution in [1.82, 2.24) is 0 Å². The van der Waals surface area contributed by atoms with Crippen molar-refractivity contribution < 1.29 is 0 Å². The van der Waals surface area contributed by atoms with Crippen molar-refractivity contribution >= 4 is 0 Å². The van der Waals surface area contributed by atoms with Crippen molar-refractivity contribution in [2.75, 3.05) is 0 Å². The summed E-state index contributed by atoms with van der Waals surface area (Å²) in [7, 11) is 0. The lowest BCUT2D eigenvalue weighted by molar-refractivity contribution is 0.401. The standard InChI is InChI=1S/C25H30/c1-3-5-7-13-19-25(20-14-8-6-4-2)23-17-11-9-15-21(23)22-16-10-12-18-24(22)25/h9,15-16,18H,3-8,13-14,19-20H2,1-2H3. The van der Waals surface area contributed by atoms with Crippen molar-refractivity contribution in [2.45, 2.75) is 83.5 Å². The van der Waals surface area contributed by atoms with Gasteiger partial charge in [0.05, 0.1) is 0 Å². The highest BCUT2D eigenvalue weighted by Crippen LogP contribution is 2.52. The molecule has 2 aromatic carbocycles. The summed E-state index contributed by atoms with van der Waals surface area (Å²) in [5, 5.41) is 0. The average Bonchev–Trinajstić information content (AvgIpc) is 2.94. The van der Waals surface area contributed by atoms with E-state index in [0.717, 1.165) is 0 Å². The fourth-order valence-corrected chi connectivity index (χ4v) is 4.48. The Morgan fingerprint density at radius 2 is 1.44 bits per heavy atom. The molecule has 0 heteroatoms. The second kappa shape index (κ2) is 8.45. The fourth-order valence-electron chi connectivity index (χ4n) is 4.48. The molecule has 1 aliphatic carbocycles. The van der Waals surface area contributed by atoms with E-state index in [2.05, 4.69) is 56.3 Å². The van der Waals surface area contributed by atoms with Gasteiger partial charge in [-0.25, -0.2) is 0 Å². The molecular formula is C25H30. The molecule has 0 saturated heterocycles. The minimum absolute atomic E-state index is 0.121. The molecule has 0 fully saturated rings. The lowest BCUT2D eigenvalue weighted by Crippen LogP contribution is -2.25. The molecule has 1 aliphatic rings. The normalized spacial score (nSPS) is 13.7. The Hall–Kier alpha value is -1.92. The highest BCUT2D eigenvalue weighted by atomic mass is 14.4. The van der Waals surface area contributed by atoms with E-state index in [1.165, 1.54) is 86.5 Å². The third-order valence-corrected chi connectivity index (χ3v) is 5.80. The van der Waals surface area contributed by atoms with Crippen LogP contribution in [-0.2, 0) is 5.41 Å². The summed E-state index contributed by atoms with van der Waals surface area (Å²) in [6.45, 7) is 4.57. The van der Waals surface area contributed by atoms with Crippen molar-refractivity contribution in [1.29, 1.82) is 0 Å². The van der Waals surface area contributed by atoms with Crippen LogP contribution in [0.3, 0.4) is 0 Å². The molecule has 0 nitrogen and oxygen atoms in total. The van der Waals surface area contributed by atoms with Gasteiger partial charge in [-0.2, -0.15) is 0 Å². The third-order valence-electron chi connectivity index (χ3n) is 5.80. The van der Waals surface area contributed by atoms with Crippen LogP contribution in [0.15, 0.2) is 24.3 Å². The summed E-state index contributed by atoms with van der Waals surface area (Å²) in [6, 6.07) is 21.7. The maximum atomic E-state index is 3.52. The zero-order valence-electron chi connectivity index (χ0n) is 15.9. The molecule has 0 aliphatic heterocycles. The van der Waals surface area contributed by atoms with Crippen LogP contribution in [0.4, 0.5) is 0 Å². The van der Waals surface area contributed by atoms with Gasteiger partial charge in [-0.1, -0.05) is 89.5 Å². The second-order valence-electron chi connectivity index (χ2n) is 7.50. The molecule has 0 amide bonds. The summed E-state index contributed by atoms with van der Waals surface area (Å²) < 4.78 is 0. The minimum atomic E-state index is 0.121. The van der Waals surface area contributed by atoms with Crippen LogP contribution in [0.5, 0.6) is 0 Å². The van der Waals surface area contributed by atoms with Gasteiger partial charge in [0.1, 0.15) is 0 Å². The maximum absolute atomic E-state index is 3.52. The van der Waals surface area contributed by atoms with E-state index in [1.54, 1.807) is 0 Å². The molecule has 2 aromatic rings. The molecule has 0 saturated carbocycles. The van der Waals surface area contributed by atoms with Crippen molar-refractivity contribution in [3.05, 3.63) is 59.7 Å². The van der Waals surface area contributed by atoms with Gasteiger partial charge in [0, 0.05) is 11.0 Å². The molecule has 0 aromatic heterocycles. The predicted octanol–water partition coefficient (Wildman–Crippen LogP) is 7.09. The van der Waals surface area contributed by atoms with Gasteiger partial charge < -0.3 is 0 Å². The molecule has 0 unspecified atom stereocenters. The SMILES string of the molecule is CCCCCCC1(CCCCCC)c2c#cccc2-c2cc#ccc21. The lowest BCUT2D eigenvalue weighted by Gasteiger charge is -2.31. The number of hydrogen-bond donors (Lipinski definition) is 0. The topological polar surface area (TPSA) is 0 Å². The van der Waals surface area contributed by atoms with Crippen molar-refractivity contribution in [2.24, 2.45) is 0 Å². The number of rotatable bonds is 10. The quantitative estimate of drug-likeness (QED) is 0.408. The molecule has 25 heavy (non-hydrogen) atoms. The summed E-state index contributed by atoms with van der Waals surface area (Å²) in [5.74, 6) is 0. The summed E-state index contributed by atoms with van der Waals surface area (Å²) in [6.07, 6.45) is 13.0. The van der Waals surface area contributed by atoms with Gasteiger partial charge in [-0.3, -0.25) is 0 Å². The highest BCUT2D eigenvalue weighted by Gasteiger charge is 2.42. The molecule has 3 rings (SSSR count). The second-order valence-corrected chi connectivity index (χ2v) is 7.50. The predicted molar refractivity (Wildman–Crippen MR) is 106 cm³/mol. The van der Waals surface area contributed by atoms with Gasteiger partial charge in [-0.15, -0.1) is 0 Å². The highest BCUT2D eigenvalue weighted by molar-refractivity contribution is 5.79. The molecule has 0 N–H and O–H groups in total. The Kier molecular flexibility index (Phi) is 6.04.